The van der Waals surface area contributed by atoms with Crippen molar-refractivity contribution in [2.24, 2.45) is 0 Å². The second-order valence-corrected chi connectivity index (χ2v) is 8.96. The highest BCUT2D eigenvalue weighted by Gasteiger charge is 2.21. The summed E-state index contributed by atoms with van der Waals surface area (Å²) in [6.45, 7) is 6.76. The summed E-state index contributed by atoms with van der Waals surface area (Å²) < 4.78 is 20.3. The van der Waals surface area contributed by atoms with Crippen LogP contribution in [0.2, 0.25) is 0 Å². The van der Waals surface area contributed by atoms with Gasteiger partial charge in [0, 0.05) is 40.8 Å². The molecule has 0 saturated carbocycles. The number of para-hydroxylation sites is 2. The molecule has 0 bridgehead atoms. The molecule has 0 spiro atoms. The number of amides is 2. The topological polar surface area (TPSA) is 175 Å². The van der Waals surface area contributed by atoms with Gasteiger partial charge in [-0.25, -0.2) is 0 Å². The molecule has 2 aromatic rings. The Morgan fingerprint density at radius 2 is 0.905 bits per heavy atom. The number of rotatable bonds is 15. The molecule has 13 nitrogen and oxygen atoms in total. The highest BCUT2D eigenvalue weighted by atomic mass is 16.6. The minimum atomic E-state index is -0.660. The summed E-state index contributed by atoms with van der Waals surface area (Å²) in [5.74, 6) is -3.79. The van der Waals surface area contributed by atoms with Crippen molar-refractivity contribution >= 4 is 35.7 Å². The number of benzene rings is 2. The van der Waals surface area contributed by atoms with Gasteiger partial charge < -0.3 is 34.9 Å². The SMILES string of the molecule is CC(=O)Oc1cccc(C(=O)NCCCCNCCCNC(=O)c2cccc(OC(C)=O)c2OC(C)=O)c1OC(C)=O. The Bertz CT molecular complexity index is 1210. The molecule has 0 atom stereocenters. The monoisotopic (exact) mass is 585 g/mol. The Labute approximate surface area is 243 Å². The lowest BCUT2D eigenvalue weighted by Gasteiger charge is -2.13. The van der Waals surface area contributed by atoms with E-state index in [0.717, 1.165) is 6.42 Å². The fourth-order valence-electron chi connectivity index (χ4n) is 3.67. The van der Waals surface area contributed by atoms with Gasteiger partial charge in [-0.15, -0.1) is 0 Å². The molecule has 13 heteroatoms. The first-order valence-electron chi connectivity index (χ1n) is 13.3. The van der Waals surface area contributed by atoms with Crippen LogP contribution < -0.4 is 34.9 Å². The molecule has 2 amide bonds. The van der Waals surface area contributed by atoms with Gasteiger partial charge in [0.25, 0.3) is 11.8 Å². The predicted octanol–water partition coefficient (Wildman–Crippen LogP) is 2.31. The van der Waals surface area contributed by atoms with Crippen molar-refractivity contribution in [2.45, 2.75) is 47.0 Å². The third-order valence-electron chi connectivity index (χ3n) is 5.33. The van der Waals surface area contributed by atoms with Crippen molar-refractivity contribution in [1.82, 2.24) is 16.0 Å². The van der Waals surface area contributed by atoms with Crippen molar-refractivity contribution in [3.63, 3.8) is 0 Å². The van der Waals surface area contributed by atoms with Crippen LogP contribution >= 0.6 is 0 Å². The molecular weight excluding hydrogens is 550 g/mol. The van der Waals surface area contributed by atoms with E-state index in [1.807, 2.05) is 0 Å². The molecule has 0 unspecified atom stereocenters. The lowest BCUT2D eigenvalue weighted by molar-refractivity contribution is -0.134. The Morgan fingerprint density at radius 1 is 0.524 bits per heavy atom. The first kappa shape index (κ1) is 33.4. The molecule has 0 fully saturated rings. The summed E-state index contributed by atoms with van der Waals surface area (Å²) in [6, 6.07) is 8.82. The van der Waals surface area contributed by atoms with Gasteiger partial charge in [-0.1, -0.05) is 12.1 Å². The number of carbonyl (C=O) groups is 6. The zero-order valence-electron chi connectivity index (χ0n) is 24.0. The maximum Gasteiger partial charge on any atom is 0.308 e. The van der Waals surface area contributed by atoms with E-state index >= 15 is 0 Å². The van der Waals surface area contributed by atoms with Crippen molar-refractivity contribution in [2.75, 3.05) is 26.2 Å². The largest absolute Gasteiger partial charge is 0.423 e. The summed E-state index contributed by atoms with van der Waals surface area (Å²) in [4.78, 5) is 71.0. The fraction of sp³-hybridized carbons (Fsp3) is 0.379. The van der Waals surface area contributed by atoms with E-state index in [4.69, 9.17) is 18.9 Å². The molecule has 226 valence electrons. The normalized spacial score (nSPS) is 10.3. The van der Waals surface area contributed by atoms with Gasteiger partial charge in [0.2, 0.25) is 0 Å². The first-order chi connectivity index (χ1) is 20.0. The molecule has 0 aliphatic heterocycles. The number of ether oxygens (including phenoxy) is 4. The van der Waals surface area contributed by atoms with Crippen LogP contribution in [0, 0.1) is 0 Å². The summed E-state index contributed by atoms with van der Waals surface area (Å²) >= 11 is 0. The van der Waals surface area contributed by atoms with Crippen LogP contribution in [0.1, 0.15) is 67.7 Å². The number of unbranched alkanes of at least 4 members (excludes halogenated alkanes) is 1. The fourth-order valence-corrected chi connectivity index (χ4v) is 3.67. The van der Waals surface area contributed by atoms with Crippen molar-refractivity contribution in [1.29, 1.82) is 0 Å². The van der Waals surface area contributed by atoms with Crippen LogP contribution in [0.25, 0.3) is 0 Å². The summed E-state index contributed by atoms with van der Waals surface area (Å²) in [7, 11) is 0. The highest BCUT2D eigenvalue weighted by Crippen LogP contribution is 2.32. The van der Waals surface area contributed by atoms with E-state index < -0.39 is 35.7 Å². The molecule has 42 heavy (non-hydrogen) atoms. The van der Waals surface area contributed by atoms with Gasteiger partial charge in [-0.2, -0.15) is 0 Å². The van der Waals surface area contributed by atoms with E-state index in [1.165, 1.54) is 64.1 Å². The minimum absolute atomic E-state index is 0.0221. The number of hydrogen-bond donors (Lipinski definition) is 3. The van der Waals surface area contributed by atoms with Gasteiger partial charge in [0.05, 0.1) is 11.1 Å². The van der Waals surface area contributed by atoms with E-state index in [1.54, 1.807) is 0 Å². The third kappa shape index (κ3) is 11.4. The standard InChI is InChI=1S/C29H35N3O10/c1-18(33)39-24-12-7-10-22(26(24)41-20(3)35)28(37)31-16-6-5-14-30-15-9-17-32-29(38)23-11-8-13-25(40-19(2)34)27(23)42-21(4)36/h7-8,10-13,30H,5-6,9,14-17H2,1-4H3,(H,31,37)(H,32,38). The van der Waals surface area contributed by atoms with Gasteiger partial charge >= 0.3 is 23.9 Å². The lowest BCUT2D eigenvalue weighted by Crippen LogP contribution is -2.29. The molecule has 0 aliphatic rings. The van der Waals surface area contributed by atoms with E-state index in [0.29, 0.717) is 39.0 Å². The smallest absolute Gasteiger partial charge is 0.308 e. The first-order valence-corrected chi connectivity index (χ1v) is 13.3. The van der Waals surface area contributed by atoms with Crippen LogP contribution in [0.5, 0.6) is 23.0 Å². The van der Waals surface area contributed by atoms with Crippen LogP contribution in [-0.4, -0.2) is 61.9 Å². The summed E-state index contributed by atoms with van der Waals surface area (Å²) in [5.41, 5.74) is 0.138. The molecular formula is C29H35N3O10. The molecule has 0 radical (unpaired) electrons. The van der Waals surface area contributed by atoms with Crippen LogP contribution in [0.3, 0.4) is 0 Å². The predicted molar refractivity (Wildman–Crippen MR) is 150 cm³/mol. The van der Waals surface area contributed by atoms with E-state index in [9.17, 15) is 28.8 Å². The average molecular weight is 586 g/mol. The second-order valence-electron chi connectivity index (χ2n) is 8.96. The highest BCUT2D eigenvalue weighted by molar-refractivity contribution is 5.99. The van der Waals surface area contributed by atoms with Crippen molar-refractivity contribution < 1.29 is 47.7 Å². The Morgan fingerprint density at radius 3 is 1.33 bits per heavy atom. The zero-order valence-corrected chi connectivity index (χ0v) is 24.0. The van der Waals surface area contributed by atoms with Crippen molar-refractivity contribution in [3.05, 3.63) is 47.5 Å². The molecule has 0 heterocycles. The quantitative estimate of drug-likeness (QED) is 0.159. The zero-order chi connectivity index (χ0) is 31.1. The van der Waals surface area contributed by atoms with Gasteiger partial charge in [-0.3, -0.25) is 28.8 Å². The van der Waals surface area contributed by atoms with Gasteiger partial charge in [-0.05, 0) is 56.6 Å². The summed E-state index contributed by atoms with van der Waals surface area (Å²) in [5, 5.41) is 8.75. The maximum absolute atomic E-state index is 12.6. The van der Waals surface area contributed by atoms with Crippen molar-refractivity contribution in [3.8, 4) is 23.0 Å². The second kappa shape index (κ2) is 17.1. The molecule has 0 aromatic heterocycles. The third-order valence-corrected chi connectivity index (χ3v) is 5.33. The van der Waals surface area contributed by atoms with Crippen LogP contribution in [-0.2, 0) is 19.2 Å². The summed E-state index contributed by atoms with van der Waals surface area (Å²) in [6.07, 6.45) is 2.04. The number of nitrogens with one attached hydrogen (secondary N) is 3. The minimum Gasteiger partial charge on any atom is -0.423 e. The van der Waals surface area contributed by atoms with Gasteiger partial charge in [0.15, 0.2) is 23.0 Å². The van der Waals surface area contributed by atoms with E-state index in [2.05, 4.69) is 16.0 Å². The average Bonchev–Trinajstić information content (AvgIpc) is 2.90. The molecule has 2 aromatic carbocycles. The van der Waals surface area contributed by atoms with Crippen LogP contribution in [0.15, 0.2) is 36.4 Å². The molecule has 0 aliphatic carbocycles. The molecule has 0 saturated heterocycles. The van der Waals surface area contributed by atoms with E-state index in [-0.39, 0.29) is 34.1 Å². The lowest BCUT2D eigenvalue weighted by atomic mass is 10.1. The molecule has 2 rings (SSSR count). The van der Waals surface area contributed by atoms with Crippen LogP contribution in [0.4, 0.5) is 0 Å². The Balaban J connectivity index is 1.72. The van der Waals surface area contributed by atoms with Gasteiger partial charge in [0.1, 0.15) is 0 Å². The maximum atomic E-state index is 12.6. The number of esters is 4. The number of carbonyl (C=O) groups excluding carboxylic acids is 6. The Hall–Kier alpha value is -4.78. The number of hydrogen-bond acceptors (Lipinski definition) is 11. The molecule has 3 N–H and O–H groups in total. The Kier molecular flexibility index (Phi) is 13.6.